The predicted octanol–water partition coefficient (Wildman–Crippen LogP) is 5.02. The zero-order chi connectivity index (χ0) is 22.8. The summed E-state index contributed by atoms with van der Waals surface area (Å²) in [5, 5.41) is 2.31. The number of amides is 2. The molecule has 0 aliphatic carbocycles. The van der Waals surface area contributed by atoms with Crippen LogP contribution in [0.1, 0.15) is 38.6 Å². The van der Waals surface area contributed by atoms with Crippen molar-refractivity contribution in [2.24, 2.45) is 17.6 Å². The number of H-pyrrole nitrogens is 1. The standard InChI is InChI=1S/C24H27BrN4O3/c1-14(2)19(13-32-24(26)31)23(30)29-9-3-4-21(29)22-27-12-20(28-22)17-6-5-16-11-18(25)8-7-15(16)10-17/h5-8,10-12,14,19,21H,3-4,9,13H2,1-2H3,(H2,26,31)(H,27,28). The Morgan fingerprint density at radius 3 is 2.75 bits per heavy atom. The van der Waals surface area contributed by atoms with E-state index in [9.17, 15) is 9.59 Å². The Morgan fingerprint density at radius 1 is 1.25 bits per heavy atom. The van der Waals surface area contributed by atoms with Crippen molar-refractivity contribution < 1.29 is 14.3 Å². The highest BCUT2D eigenvalue weighted by Crippen LogP contribution is 2.34. The number of nitrogens with one attached hydrogen (secondary N) is 1. The molecule has 32 heavy (non-hydrogen) atoms. The van der Waals surface area contributed by atoms with E-state index < -0.39 is 12.0 Å². The number of halogens is 1. The third-order valence-electron chi connectivity index (χ3n) is 6.09. The van der Waals surface area contributed by atoms with Gasteiger partial charge in [0.05, 0.1) is 23.9 Å². The van der Waals surface area contributed by atoms with Crippen molar-refractivity contribution in [1.29, 1.82) is 0 Å². The minimum absolute atomic E-state index is 0.00827. The molecule has 2 amide bonds. The summed E-state index contributed by atoms with van der Waals surface area (Å²) in [6.07, 6.45) is 2.71. The summed E-state index contributed by atoms with van der Waals surface area (Å²) in [7, 11) is 0. The molecule has 0 radical (unpaired) electrons. The smallest absolute Gasteiger partial charge is 0.404 e. The van der Waals surface area contributed by atoms with Gasteiger partial charge in [-0.3, -0.25) is 4.79 Å². The lowest BCUT2D eigenvalue weighted by molar-refractivity contribution is -0.139. The summed E-state index contributed by atoms with van der Waals surface area (Å²) >= 11 is 3.51. The Balaban J connectivity index is 1.55. The van der Waals surface area contributed by atoms with Gasteiger partial charge < -0.3 is 20.4 Å². The Morgan fingerprint density at radius 2 is 2.00 bits per heavy atom. The molecule has 0 bridgehead atoms. The normalized spacial score (nSPS) is 17.1. The molecular weight excluding hydrogens is 472 g/mol. The maximum absolute atomic E-state index is 13.3. The van der Waals surface area contributed by atoms with E-state index in [1.54, 1.807) is 0 Å². The predicted molar refractivity (Wildman–Crippen MR) is 127 cm³/mol. The van der Waals surface area contributed by atoms with Gasteiger partial charge in [0.15, 0.2) is 0 Å². The van der Waals surface area contributed by atoms with Gasteiger partial charge in [-0.2, -0.15) is 0 Å². The van der Waals surface area contributed by atoms with Crippen LogP contribution in [0.3, 0.4) is 0 Å². The lowest BCUT2D eigenvalue weighted by Crippen LogP contribution is -2.40. The first-order valence-corrected chi connectivity index (χ1v) is 11.6. The van der Waals surface area contributed by atoms with E-state index in [2.05, 4.69) is 56.2 Å². The van der Waals surface area contributed by atoms with Crippen LogP contribution >= 0.6 is 15.9 Å². The first-order valence-electron chi connectivity index (χ1n) is 10.8. The molecule has 2 atom stereocenters. The third-order valence-corrected chi connectivity index (χ3v) is 6.58. The number of benzene rings is 2. The molecule has 4 rings (SSSR count). The van der Waals surface area contributed by atoms with Gasteiger partial charge >= 0.3 is 6.09 Å². The summed E-state index contributed by atoms with van der Waals surface area (Å²) in [4.78, 5) is 34.2. The molecule has 168 valence electrons. The number of nitrogens with two attached hydrogens (primary N) is 1. The zero-order valence-corrected chi connectivity index (χ0v) is 19.8. The van der Waals surface area contributed by atoms with Crippen molar-refractivity contribution in [3.05, 3.63) is 52.9 Å². The number of aromatic nitrogens is 2. The molecule has 1 aromatic heterocycles. The fraction of sp³-hybridized carbons (Fsp3) is 0.375. The highest BCUT2D eigenvalue weighted by Gasteiger charge is 2.37. The minimum Gasteiger partial charge on any atom is -0.449 e. The Labute approximate surface area is 195 Å². The molecule has 1 aliphatic heterocycles. The van der Waals surface area contributed by atoms with E-state index in [-0.39, 0.29) is 24.5 Å². The second-order valence-electron chi connectivity index (χ2n) is 8.56. The van der Waals surface area contributed by atoms with E-state index >= 15 is 0 Å². The summed E-state index contributed by atoms with van der Waals surface area (Å²) in [6, 6.07) is 12.4. The van der Waals surface area contributed by atoms with Crippen LogP contribution in [-0.2, 0) is 9.53 Å². The molecule has 0 saturated carbocycles. The second kappa shape index (κ2) is 9.32. The number of hydrogen-bond donors (Lipinski definition) is 2. The number of aromatic amines is 1. The maximum Gasteiger partial charge on any atom is 0.404 e. The summed E-state index contributed by atoms with van der Waals surface area (Å²) in [5.41, 5.74) is 7.07. The summed E-state index contributed by atoms with van der Waals surface area (Å²) < 4.78 is 6.01. The average Bonchev–Trinajstić information content (AvgIpc) is 3.42. The quantitative estimate of drug-likeness (QED) is 0.497. The number of imidazole rings is 1. The topological polar surface area (TPSA) is 101 Å². The minimum atomic E-state index is -0.861. The van der Waals surface area contributed by atoms with Crippen LogP contribution in [0.15, 0.2) is 47.1 Å². The van der Waals surface area contributed by atoms with E-state index in [0.29, 0.717) is 6.54 Å². The maximum atomic E-state index is 13.3. The number of hydrogen-bond acceptors (Lipinski definition) is 4. The lowest BCUT2D eigenvalue weighted by atomic mass is 9.95. The third kappa shape index (κ3) is 4.65. The molecule has 1 saturated heterocycles. The van der Waals surface area contributed by atoms with E-state index in [4.69, 9.17) is 10.5 Å². The van der Waals surface area contributed by atoms with Crippen LogP contribution < -0.4 is 5.73 Å². The van der Waals surface area contributed by atoms with E-state index in [1.165, 1.54) is 0 Å². The first-order chi connectivity index (χ1) is 15.3. The van der Waals surface area contributed by atoms with Gasteiger partial charge in [-0.25, -0.2) is 9.78 Å². The Kier molecular flexibility index (Phi) is 6.50. The van der Waals surface area contributed by atoms with Gasteiger partial charge in [-0.05, 0) is 47.7 Å². The fourth-order valence-electron chi connectivity index (χ4n) is 4.29. The van der Waals surface area contributed by atoms with Crippen LogP contribution in [-0.4, -0.2) is 40.0 Å². The second-order valence-corrected chi connectivity index (χ2v) is 9.47. The molecular formula is C24H27BrN4O3. The molecule has 1 fully saturated rings. The van der Waals surface area contributed by atoms with Gasteiger partial charge in [-0.1, -0.05) is 48.0 Å². The number of primary amides is 1. The number of likely N-dealkylation sites (tertiary alicyclic amines) is 1. The summed E-state index contributed by atoms with van der Waals surface area (Å²) in [6.45, 7) is 4.54. The average molecular weight is 499 g/mol. The number of ether oxygens (including phenoxy) is 1. The van der Waals surface area contributed by atoms with Crippen LogP contribution in [0, 0.1) is 11.8 Å². The van der Waals surface area contributed by atoms with Crippen molar-refractivity contribution in [2.75, 3.05) is 13.2 Å². The Bertz CT molecular complexity index is 1140. The van der Waals surface area contributed by atoms with Crippen LogP contribution in [0.5, 0.6) is 0 Å². The van der Waals surface area contributed by atoms with Crippen molar-refractivity contribution in [2.45, 2.75) is 32.7 Å². The molecule has 2 aromatic carbocycles. The molecule has 2 unspecified atom stereocenters. The molecule has 3 aromatic rings. The highest BCUT2D eigenvalue weighted by atomic mass is 79.9. The first kappa shape index (κ1) is 22.3. The highest BCUT2D eigenvalue weighted by molar-refractivity contribution is 9.10. The van der Waals surface area contributed by atoms with E-state index in [0.717, 1.165) is 45.2 Å². The van der Waals surface area contributed by atoms with Crippen molar-refractivity contribution in [3.63, 3.8) is 0 Å². The number of carbonyl (C=O) groups excluding carboxylic acids is 2. The van der Waals surface area contributed by atoms with Crippen LogP contribution in [0.2, 0.25) is 0 Å². The molecule has 0 spiro atoms. The largest absolute Gasteiger partial charge is 0.449 e. The van der Waals surface area contributed by atoms with Crippen LogP contribution in [0.25, 0.3) is 22.0 Å². The van der Waals surface area contributed by atoms with Gasteiger partial charge in [0.2, 0.25) is 5.91 Å². The Hall–Kier alpha value is -2.87. The van der Waals surface area contributed by atoms with Crippen molar-refractivity contribution in [1.82, 2.24) is 14.9 Å². The van der Waals surface area contributed by atoms with Crippen LogP contribution in [0.4, 0.5) is 4.79 Å². The van der Waals surface area contributed by atoms with Gasteiger partial charge in [0, 0.05) is 16.6 Å². The molecule has 2 heterocycles. The van der Waals surface area contributed by atoms with Crippen molar-refractivity contribution >= 4 is 38.7 Å². The van der Waals surface area contributed by atoms with Gasteiger partial charge in [0.25, 0.3) is 0 Å². The number of nitrogens with zero attached hydrogens (tertiary/aromatic N) is 2. The van der Waals surface area contributed by atoms with E-state index in [1.807, 2.05) is 31.0 Å². The zero-order valence-electron chi connectivity index (χ0n) is 18.2. The monoisotopic (exact) mass is 498 g/mol. The van der Waals surface area contributed by atoms with Gasteiger partial charge in [-0.15, -0.1) is 0 Å². The van der Waals surface area contributed by atoms with Crippen molar-refractivity contribution in [3.8, 4) is 11.3 Å². The molecule has 8 heteroatoms. The molecule has 7 nitrogen and oxygen atoms in total. The molecule has 3 N–H and O–H groups in total. The SMILES string of the molecule is CC(C)C(COC(N)=O)C(=O)N1CCCC1c1ncc(-c2ccc3cc(Br)ccc3c2)[nH]1. The lowest BCUT2D eigenvalue weighted by Gasteiger charge is -2.29. The number of rotatable bonds is 6. The fourth-order valence-corrected chi connectivity index (χ4v) is 4.66. The number of fused-ring (bicyclic) bond motifs is 1. The summed E-state index contributed by atoms with van der Waals surface area (Å²) in [5.74, 6) is 0.336. The number of carbonyl (C=O) groups is 2. The molecule has 1 aliphatic rings. The van der Waals surface area contributed by atoms with Gasteiger partial charge in [0.1, 0.15) is 12.4 Å².